The highest BCUT2D eigenvalue weighted by Gasteiger charge is 2.26. The van der Waals surface area contributed by atoms with Gasteiger partial charge in [0.25, 0.3) is 0 Å². The second kappa shape index (κ2) is 8.55. The lowest BCUT2D eigenvalue weighted by atomic mass is 10.1. The standard InChI is InChI=1S/C22H28N2O4S/c1-16-13-19(22(25)26)14-21(17(16)2)29(27,28)23(3)15-18-9-5-6-10-20(18)24-11-7-4-8-12-24/h5-6,9-10,13-14H,4,7-8,11-12,15H2,1-3H3,(H,25,26). The van der Waals surface area contributed by atoms with Crippen LogP contribution in [0.4, 0.5) is 5.69 Å². The fourth-order valence-corrected chi connectivity index (χ4v) is 5.27. The maximum atomic E-state index is 13.3. The monoisotopic (exact) mass is 416 g/mol. The third-order valence-corrected chi connectivity index (χ3v) is 7.57. The van der Waals surface area contributed by atoms with Gasteiger partial charge in [0.05, 0.1) is 10.5 Å². The van der Waals surface area contributed by atoms with E-state index in [1.165, 1.54) is 22.9 Å². The van der Waals surface area contributed by atoms with Gasteiger partial charge in [0.15, 0.2) is 0 Å². The maximum absolute atomic E-state index is 13.3. The van der Waals surface area contributed by atoms with Crippen molar-refractivity contribution in [1.82, 2.24) is 4.31 Å². The Bertz CT molecular complexity index is 1010. The Balaban J connectivity index is 1.94. The van der Waals surface area contributed by atoms with Crippen LogP contribution in [0.1, 0.15) is 46.3 Å². The van der Waals surface area contributed by atoms with Crippen molar-refractivity contribution in [3.05, 3.63) is 58.7 Å². The number of carboxylic acids is 1. The number of hydrogen-bond acceptors (Lipinski definition) is 4. The highest BCUT2D eigenvalue weighted by atomic mass is 32.2. The first-order chi connectivity index (χ1) is 13.7. The number of rotatable bonds is 6. The predicted octanol–water partition coefficient (Wildman–Crippen LogP) is 3.81. The Morgan fingerprint density at radius 3 is 2.41 bits per heavy atom. The highest BCUT2D eigenvalue weighted by molar-refractivity contribution is 7.89. The summed E-state index contributed by atoms with van der Waals surface area (Å²) >= 11 is 0. The summed E-state index contributed by atoms with van der Waals surface area (Å²) in [6, 6.07) is 10.7. The number of carbonyl (C=O) groups is 1. The number of benzene rings is 2. The summed E-state index contributed by atoms with van der Waals surface area (Å²) in [6.07, 6.45) is 3.51. The molecule has 6 nitrogen and oxygen atoms in total. The van der Waals surface area contributed by atoms with Gasteiger partial charge in [0.1, 0.15) is 0 Å². The lowest BCUT2D eigenvalue weighted by Gasteiger charge is -2.31. The molecule has 1 heterocycles. The van der Waals surface area contributed by atoms with Crippen molar-refractivity contribution < 1.29 is 18.3 Å². The fourth-order valence-electron chi connectivity index (χ4n) is 3.80. The number of aryl methyl sites for hydroxylation is 1. The lowest BCUT2D eigenvalue weighted by Crippen LogP contribution is -2.32. The van der Waals surface area contributed by atoms with E-state index in [4.69, 9.17) is 0 Å². The predicted molar refractivity (Wildman–Crippen MR) is 114 cm³/mol. The molecule has 1 saturated heterocycles. The molecule has 0 aromatic heterocycles. The molecular weight excluding hydrogens is 388 g/mol. The molecule has 0 aliphatic carbocycles. The maximum Gasteiger partial charge on any atom is 0.335 e. The van der Waals surface area contributed by atoms with Crippen molar-refractivity contribution >= 4 is 21.7 Å². The van der Waals surface area contributed by atoms with Gasteiger partial charge in [-0.15, -0.1) is 0 Å². The van der Waals surface area contributed by atoms with Gasteiger partial charge in [0.2, 0.25) is 10.0 Å². The van der Waals surface area contributed by atoms with Gasteiger partial charge in [-0.1, -0.05) is 18.2 Å². The van der Waals surface area contributed by atoms with E-state index >= 15 is 0 Å². The van der Waals surface area contributed by atoms with Crippen LogP contribution in [0.25, 0.3) is 0 Å². The van der Waals surface area contributed by atoms with Crippen LogP contribution in [0, 0.1) is 13.8 Å². The van der Waals surface area contributed by atoms with E-state index in [9.17, 15) is 18.3 Å². The van der Waals surface area contributed by atoms with E-state index in [0.29, 0.717) is 11.1 Å². The smallest absolute Gasteiger partial charge is 0.335 e. The van der Waals surface area contributed by atoms with E-state index in [2.05, 4.69) is 4.90 Å². The minimum Gasteiger partial charge on any atom is -0.478 e. The molecule has 1 aliphatic heterocycles. The van der Waals surface area contributed by atoms with Gasteiger partial charge >= 0.3 is 5.97 Å². The molecule has 0 radical (unpaired) electrons. The van der Waals surface area contributed by atoms with Gasteiger partial charge in [-0.3, -0.25) is 0 Å². The Morgan fingerprint density at radius 1 is 1.10 bits per heavy atom. The average Bonchev–Trinajstić information content (AvgIpc) is 2.70. The van der Waals surface area contributed by atoms with Crippen LogP contribution in [-0.4, -0.2) is 43.9 Å². The van der Waals surface area contributed by atoms with Gasteiger partial charge in [0, 0.05) is 32.4 Å². The summed E-state index contributed by atoms with van der Waals surface area (Å²) < 4.78 is 27.9. The molecule has 3 rings (SSSR count). The van der Waals surface area contributed by atoms with Gasteiger partial charge in [-0.05, 0) is 68.0 Å². The van der Waals surface area contributed by atoms with Crippen LogP contribution in [0.5, 0.6) is 0 Å². The molecule has 0 amide bonds. The Hall–Kier alpha value is -2.38. The van der Waals surface area contributed by atoms with Gasteiger partial charge in [-0.2, -0.15) is 4.31 Å². The van der Waals surface area contributed by atoms with Gasteiger partial charge < -0.3 is 10.0 Å². The molecule has 2 aromatic carbocycles. The van der Waals surface area contributed by atoms with Crippen LogP contribution < -0.4 is 4.90 Å². The molecule has 0 saturated carbocycles. The number of nitrogens with zero attached hydrogens (tertiary/aromatic N) is 2. The minimum atomic E-state index is -3.84. The first-order valence-electron chi connectivity index (χ1n) is 9.85. The molecule has 29 heavy (non-hydrogen) atoms. The van der Waals surface area contributed by atoms with Crippen LogP contribution in [-0.2, 0) is 16.6 Å². The summed E-state index contributed by atoms with van der Waals surface area (Å²) in [6.45, 7) is 5.62. The molecule has 0 spiro atoms. The second-order valence-electron chi connectivity index (χ2n) is 7.66. The topological polar surface area (TPSA) is 77.9 Å². The number of para-hydroxylation sites is 1. The third-order valence-electron chi connectivity index (χ3n) is 5.64. The zero-order chi connectivity index (χ0) is 21.2. The van der Waals surface area contributed by atoms with E-state index < -0.39 is 16.0 Å². The Labute approximate surface area is 172 Å². The van der Waals surface area contributed by atoms with Crippen molar-refractivity contribution in [2.45, 2.75) is 44.6 Å². The van der Waals surface area contributed by atoms with E-state index in [0.717, 1.165) is 37.2 Å². The number of carboxylic acid groups (broad SMARTS) is 1. The van der Waals surface area contributed by atoms with E-state index in [1.807, 2.05) is 24.3 Å². The van der Waals surface area contributed by atoms with Crippen LogP contribution in [0.2, 0.25) is 0 Å². The highest BCUT2D eigenvalue weighted by Crippen LogP contribution is 2.28. The SMILES string of the molecule is Cc1cc(C(=O)O)cc(S(=O)(=O)N(C)Cc2ccccc2N2CCCCC2)c1C. The number of hydrogen-bond donors (Lipinski definition) is 1. The molecule has 1 aliphatic rings. The molecule has 0 unspecified atom stereocenters. The molecular formula is C22H28N2O4S. The zero-order valence-corrected chi connectivity index (χ0v) is 18.0. The summed E-state index contributed by atoms with van der Waals surface area (Å²) in [4.78, 5) is 13.8. The van der Waals surface area contributed by atoms with Gasteiger partial charge in [-0.25, -0.2) is 13.2 Å². The van der Waals surface area contributed by atoms with Crippen molar-refractivity contribution in [1.29, 1.82) is 0 Å². The van der Waals surface area contributed by atoms with Crippen molar-refractivity contribution in [3.8, 4) is 0 Å². The summed E-state index contributed by atoms with van der Waals surface area (Å²) in [5.41, 5.74) is 3.22. The summed E-state index contributed by atoms with van der Waals surface area (Å²) in [7, 11) is -2.30. The molecule has 2 aromatic rings. The lowest BCUT2D eigenvalue weighted by molar-refractivity contribution is 0.0696. The Kier molecular flexibility index (Phi) is 6.29. The van der Waals surface area contributed by atoms with Crippen LogP contribution in [0.3, 0.4) is 0 Å². The largest absolute Gasteiger partial charge is 0.478 e. The van der Waals surface area contributed by atoms with E-state index in [-0.39, 0.29) is 17.0 Å². The molecule has 1 fully saturated rings. The van der Waals surface area contributed by atoms with E-state index in [1.54, 1.807) is 20.9 Å². The molecule has 0 atom stereocenters. The van der Waals surface area contributed by atoms with Crippen molar-refractivity contribution in [2.24, 2.45) is 0 Å². The van der Waals surface area contributed by atoms with Crippen LogP contribution >= 0.6 is 0 Å². The summed E-state index contributed by atoms with van der Waals surface area (Å²) in [5, 5.41) is 9.33. The number of piperidine rings is 1. The fraction of sp³-hybridized carbons (Fsp3) is 0.409. The zero-order valence-electron chi connectivity index (χ0n) is 17.2. The number of sulfonamides is 1. The minimum absolute atomic E-state index is 0.0196. The van der Waals surface area contributed by atoms with Crippen LogP contribution in [0.15, 0.2) is 41.3 Å². The average molecular weight is 417 g/mol. The molecule has 156 valence electrons. The number of aromatic carboxylic acids is 1. The van der Waals surface area contributed by atoms with Crippen molar-refractivity contribution in [2.75, 3.05) is 25.0 Å². The summed E-state index contributed by atoms with van der Waals surface area (Å²) in [5.74, 6) is -1.14. The number of anilines is 1. The normalized spacial score (nSPS) is 15.0. The molecule has 0 bridgehead atoms. The third kappa shape index (κ3) is 4.46. The first-order valence-corrected chi connectivity index (χ1v) is 11.3. The Morgan fingerprint density at radius 2 is 1.76 bits per heavy atom. The second-order valence-corrected chi connectivity index (χ2v) is 9.67. The molecule has 1 N–H and O–H groups in total. The first kappa shape index (κ1) is 21.3. The van der Waals surface area contributed by atoms with Crippen molar-refractivity contribution in [3.63, 3.8) is 0 Å². The molecule has 7 heteroatoms. The quantitative estimate of drug-likeness (QED) is 0.775.